The van der Waals surface area contributed by atoms with Crippen molar-refractivity contribution in [1.82, 2.24) is 5.32 Å². The lowest BCUT2D eigenvalue weighted by molar-refractivity contribution is -0.125. The van der Waals surface area contributed by atoms with Gasteiger partial charge in [0.1, 0.15) is 34.0 Å². The number of rotatable bonds is 2. The third-order valence-electron chi connectivity index (χ3n) is 4.71. The average Bonchev–Trinajstić information content (AvgIpc) is 2.91. The Morgan fingerprint density at radius 3 is 2.52 bits per heavy atom. The third kappa shape index (κ3) is 2.41. The summed E-state index contributed by atoms with van der Waals surface area (Å²) in [5, 5.41) is 23.8. The highest BCUT2D eigenvalue weighted by molar-refractivity contribution is 6.15. The Labute approximate surface area is 152 Å². The van der Waals surface area contributed by atoms with Crippen molar-refractivity contribution in [3.8, 4) is 17.2 Å². The molecule has 0 unspecified atom stereocenters. The molecule has 1 aliphatic heterocycles. The minimum atomic E-state index is -0.931. The number of aryl methyl sites for hydroxylation is 1. The molecule has 1 aliphatic rings. The Balaban J connectivity index is 2.29. The van der Waals surface area contributed by atoms with Crippen LogP contribution in [0.1, 0.15) is 23.7 Å². The fourth-order valence-electron chi connectivity index (χ4n) is 3.63. The van der Waals surface area contributed by atoms with E-state index in [4.69, 9.17) is 9.15 Å². The number of phenolic OH excluding ortho intramolecular Hbond substituents is 1. The van der Waals surface area contributed by atoms with Gasteiger partial charge in [-0.3, -0.25) is 19.7 Å². The molecule has 0 bridgehead atoms. The number of benzene rings is 2. The lowest BCUT2D eigenvalue weighted by atomic mass is 9.89. The van der Waals surface area contributed by atoms with Gasteiger partial charge in [-0.15, -0.1) is 0 Å². The van der Waals surface area contributed by atoms with Crippen LogP contribution in [0.2, 0.25) is 0 Å². The molecule has 1 atom stereocenters. The van der Waals surface area contributed by atoms with E-state index in [2.05, 4.69) is 5.32 Å². The topological polar surface area (TPSA) is 126 Å². The van der Waals surface area contributed by atoms with Gasteiger partial charge >= 0.3 is 0 Å². The summed E-state index contributed by atoms with van der Waals surface area (Å²) < 4.78 is 10.9. The fourth-order valence-corrected chi connectivity index (χ4v) is 3.63. The highest BCUT2D eigenvalue weighted by atomic mass is 16.5. The standard InChI is InChI=1S/C19H15NO7/c1-7-3-11(22)16-17(24)15-9(4-8(21)5-12(15)26-2)14(18(16)27-7)10-6-13(23)20-19(10)25/h3-5,10,22,24H,6H2,1-2H3,(H,20,23,25)/t10-/m1/s1. The van der Waals surface area contributed by atoms with Gasteiger partial charge in [-0.2, -0.15) is 0 Å². The largest absolute Gasteiger partial charge is 0.507 e. The van der Waals surface area contributed by atoms with Gasteiger partial charge in [0.05, 0.1) is 18.4 Å². The first-order chi connectivity index (χ1) is 12.8. The zero-order chi connectivity index (χ0) is 19.5. The molecular formula is C19H15NO7. The molecule has 2 aromatic carbocycles. The summed E-state index contributed by atoms with van der Waals surface area (Å²) in [5.74, 6) is -2.11. The molecule has 1 aromatic heterocycles. The Hall–Kier alpha value is -3.55. The molecule has 4 rings (SSSR count). The number of carbonyl (C=O) groups excluding carboxylic acids is 2. The molecule has 3 aromatic rings. The van der Waals surface area contributed by atoms with Gasteiger partial charge in [-0.05, 0) is 13.0 Å². The summed E-state index contributed by atoms with van der Waals surface area (Å²) in [6.45, 7) is 1.59. The van der Waals surface area contributed by atoms with E-state index in [1.807, 2.05) is 0 Å². The molecule has 2 heterocycles. The minimum absolute atomic E-state index is 0.0211. The van der Waals surface area contributed by atoms with E-state index in [1.54, 1.807) is 6.92 Å². The van der Waals surface area contributed by atoms with Crippen LogP contribution in [0.4, 0.5) is 0 Å². The van der Waals surface area contributed by atoms with E-state index in [9.17, 15) is 24.6 Å². The molecule has 0 spiro atoms. The van der Waals surface area contributed by atoms with Crippen molar-refractivity contribution in [2.75, 3.05) is 7.11 Å². The summed E-state index contributed by atoms with van der Waals surface area (Å²) in [4.78, 5) is 36.3. The average molecular weight is 369 g/mol. The van der Waals surface area contributed by atoms with E-state index in [1.165, 1.54) is 25.3 Å². The maximum absolute atomic E-state index is 12.4. The van der Waals surface area contributed by atoms with Gasteiger partial charge in [-0.1, -0.05) is 0 Å². The van der Waals surface area contributed by atoms with Crippen molar-refractivity contribution < 1.29 is 29.0 Å². The molecule has 138 valence electrons. The predicted octanol–water partition coefficient (Wildman–Crippen LogP) is 1.80. The van der Waals surface area contributed by atoms with Crippen molar-refractivity contribution >= 4 is 33.6 Å². The molecule has 0 saturated carbocycles. The number of imide groups is 1. The molecular weight excluding hydrogens is 354 g/mol. The van der Waals surface area contributed by atoms with Crippen molar-refractivity contribution in [2.24, 2.45) is 0 Å². The summed E-state index contributed by atoms with van der Waals surface area (Å²) >= 11 is 0. The number of fused-ring (bicyclic) bond motifs is 2. The maximum Gasteiger partial charge on any atom is 0.234 e. The smallest absolute Gasteiger partial charge is 0.234 e. The van der Waals surface area contributed by atoms with Crippen molar-refractivity contribution in [3.63, 3.8) is 0 Å². The molecule has 1 fully saturated rings. The molecule has 2 amide bonds. The second-order valence-corrected chi connectivity index (χ2v) is 6.43. The van der Waals surface area contributed by atoms with Crippen molar-refractivity contribution in [1.29, 1.82) is 0 Å². The molecule has 8 nitrogen and oxygen atoms in total. The molecule has 0 radical (unpaired) electrons. The van der Waals surface area contributed by atoms with Gasteiger partial charge in [0, 0.05) is 29.5 Å². The number of methoxy groups -OCH3 is 1. The van der Waals surface area contributed by atoms with Crippen LogP contribution in [-0.2, 0) is 9.59 Å². The van der Waals surface area contributed by atoms with Crippen molar-refractivity contribution in [3.05, 3.63) is 39.7 Å². The summed E-state index contributed by atoms with van der Waals surface area (Å²) in [6, 6.07) is 3.77. The Morgan fingerprint density at radius 1 is 1.15 bits per heavy atom. The van der Waals surface area contributed by atoms with Crippen LogP contribution in [0.25, 0.3) is 21.7 Å². The first-order valence-corrected chi connectivity index (χ1v) is 8.15. The zero-order valence-electron chi connectivity index (χ0n) is 14.5. The number of carbonyl (C=O) groups is 2. The monoisotopic (exact) mass is 369 g/mol. The Morgan fingerprint density at radius 2 is 1.89 bits per heavy atom. The van der Waals surface area contributed by atoms with Crippen LogP contribution in [-0.4, -0.2) is 29.1 Å². The summed E-state index contributed by atoms with van der Waals surface area (Å²) in [6.07, 6.45) is -0.135. The van der Waals surface area contributed by atoms with Gasteiger partial charge in [0.25, 0.3) is 0 Å². The van der Waals surface area contributed by atoms with E-state index >= 15 is 0 Å². The Bertz CT molecular complexity index is 1210. The first-order valence-electron chi connectivity index (χ1n) is 8.15. The second kappa shape index (κ2) is 5.73. The number of aromatic hydroxyl groups is 2. The molecule has 1 saturated heterocycles. The normalized spacial score (nSPS) is 16.9. The molecule has 0 aliphatic carbocycles. The number of hydrogen-bond acceptors (Lipinski definition) is 7. The lowest BCUT2D eigenvalue weighted by Gasteiger charge is -2.18. The van der Waals surface area contributed by atoms with Crippen LogP contribution in [0.5, 0.6) is 17.2 Å². The first kappa shape index (κ1) is 16.9. The molecule has 8 heteroatoms. The van der Waals surface area contributed by atoms with E-state index in [0.29, 0.717) is 5.76 Å². The van der Waals surface area contributed by atoms with Gasteiger partial charge in [0.15, 0.2) is 5.43 Å². The summed E-state index contributed by atoms with van der Waals surface area (Å²) in [5.41, 5.74) is -0.114. The number of phenols is 1. The maximum atomic E-state index is 12.4. The van der Waals surface area contributed by atoms with Crippen LogP contribution in [0.3, 0.4) is 0 Å². The number of amides is 2. The highest BCUT2D eigenvalue weighted by Crippen LogP contribution is 2.48. The van der Waals surface area contributed by atoms with Crippen LogP contribution in [0, 0.1) is 6.92 Å². The van der Waals surface area contributed by atoms with E-state index in [-0.39, 0.29) is 51.0 Å². The zero-order valence-corrected chi connectivity index (χ0v) is 14.5. The second-order valence-electron chi connectivity index (χ2n) is 6.43. The van der Waals surface area contributed by atoms with E-state index < -0.39 is 23.2 Å². The van der Waals surface area contributed by atoms with Crippen LogP contribution in [0.15, 0.2) is 27.4 Å². The quantitative estimate of drug-likeness (QED) is 0.464. The van der Waals surface area contributed by atoms with Gasteiger partial charge < -0.3 is 19.4 Å². The van der Waals surface area contributed by atoms with Crippen LogP contribution >= 0.6 is 0 Å². The molecule has 3 N–H and O–H groups in total. The lowest BCUT2D eigenvalue weighted by Crippen LogP contribution is -2.21. The SMILES string of the molecule is COc1cc(=O)cc2c([C@H]3CC(=O)NC3=O)c3oc(C)cc(O)c3c(O)c12. The predicted molar refractivity (Wildman–Crippen MR) is 95.1 cm³/mol. The Kier molecular flexibility index (Phi) is 3.59. The number of hydrogen-bond donors (Lipinski definition) is 3. The molecule has 27 heavy (non-hydrogen) atoms. The van der Waals surface area contributed by atoms with E-state index in [0.717, 1.165) is 0 Å². The highest BCUT2D eigenvalue weighted by Gasteiger charge is 2.37. The van der Waals surface area contributed by atoms with Crippen molar-refractivity contribution in [2.45, 2.75) is 19.3 Å². The van der Waals surface area contributed by atoms with Gasteiger partial charge in [0.2, 0.25) is 11.8 Å². The minimum Gasteiger partial charge on any atom is -0.507 e. The summed E-state index contributed by atoms with van der Waals surface area (Å²) in [7, 11) is 1.34. The third-order valence-corrected chi connectivity index (χ3v) is 4.71. The fraction of sp³-hybridized carbons (Fsp3) is 0.211. The number of nitrogens with one attached hydrogen (secondary N) is 1. The van der Waals surface area contributed by atoms with Gasteiger partial charge in [-0.25, -0.2) is 0 Å². The number of ether oxygens (including phenoxy) is 1. The van der Waals surface area contributed by atoms with Crippen LogP contribution < -0.4 is 15.5 Å².